The Labute approximate surface area is 132 Å². The van der Waals surface area contributed by atoms with Crippen molar-refractivity contribution in [3.8, 4) is 5.75 Å². The second-order valence-corrected chi connectivity index (χ2v) is 5.74. The number of anilines is 1. The predicted molar refractivity (Wildman–Crippen MR) is 92.0 cm³/mol. The van der Waals surface area contributed by atoms with Crippen molar-refractivity contribution in [2.24, 2.45) is 0 Å². The predicted octanol–water partition coefficient (Wildman–Crippen LogP) is 5.22. The molecule has 3 heteroatoms. The van der Waals surface area contributed by atoms with Crippen LogP contribution in [-0.4, -0.2) is 7.11 Å². The van der Waals surface area contributed by atoms with Gasteiger partial charge in [-0.1, -0.05) is 36.4 Å². The fourth-order valence-electron chi connectivity index (χ4n) is 2.32. The topological polar surface area (TPSA) is 21.3 Å². The van der Waals surface area contributed by atoms with Crippen LogP contribution in [0.15, 0.2) is 65.1 Å². The molecule has 0 aliphatic rings. The first-order chi connectivity index (χ1) is 10.3. The lowest BCUT2D eigenvalue weighted by Gasteiger charge is -2.10. The highest BCUT2D eigenvalue weighted by Gasteiger charge is 2.02. The van der Waals surface area contributed by atoms with Crippen LogP contribution in [-0.2, 0) is 6.54 Å². The Hall–Kier alpha value is -2.00. The maximum atomic E-state index is 5.24. The van der Waals surface area contributed by atoms with E-state index in [4.69, 9.17) is 4.74 Å². The van der Waals surface area contributed by atoms with Crippen molar-refractivity contribution in [2.45, 2.75) is 6.54 Å². The first-order valence-corrected chi connectivity index (χ1v) is 7.60. The van der Waals surface area contributed by atoms with E-state index in [-0.39, 0.29) is 0 Å². The third-order valence-corrected chi connectivity index (χ3v) is 4.08. The highest BCUT2D eigenvalue weighted by atomic mass is 79.9. The molecule has 0 radical (unpaired) electrons. The van der Waals surface area contributed by atoms with E-state index in [0.29, 0.717) is 0 Å². The number of nitrogens with one attached hydrogen (secondary N) is 1. The number of ether oxygens (including phenoxy) is 1. The van der Waals surface area contributed by atoms with Crippen LogP contribution in [0.1, 0.15) is 5.56 Å². The molecule has 0 amide bonds. The minimum atomic E-state index is 0.779. The van der Waals surface area contributed by atoms with E-state index in [2.05, 4.69) is 75.8 Å². The Kier molecular flexibility index (Phi) is 4.11. The number of hydrogen-bond donors (Lipinski definition) is 1. The van der Waals surface area contributed by atoms with Gasteiger partial charge in [-0.05, 0) is 56.5 Å². The smallest absolute Gasteiger partial charge is 0.133 e. The molecular weight excluding hydrogens is 326 g/mol. The summed E-state index contributed by atoms with van der Waals surface area (Å²) in [5.74, 6) is 0.851. The molecule has 0 aliphatic heterocycles. The fraction of sp³-hybridized carbons (Fsp3) is 0.111. The summed E-state index contributed by atoms with van der Waals surface area (Å²) in [4.78, 5) is 0. The molecule has 0 spiro atoms. The molecule has 0 aliphatic carbocycles. The van der Waals surface area contributed by atoms with Crippen LogP contribution in [0.4, 0.5) is 5.69 Å². The lowest BCUT2D eigenvalue weighted by molar-refractivity contribution is 0.412. The second kappa shape index (κ2) is 6.19. The molecule has 0 saturated carbocycles. The molecule has 3 aromatic rings. The lowest BCUT2D eigenvalue weighted by Crippen LogP contribution is -1.99. The molecule has 0 heterocycles. The van der Waals surface area contributed by atoms with Crippen LogP contribution in [0.5, 0.6) is 5.75 Å². The van der Waals surface area contributed by atoms with Gasteiger partial charge >= 0.3 is 0 Å². The summed E-state index contributed by atoms with van der Waals surface area (Å²) in [5.41, 5.74) is 2.33. The number of rotatable bonds is 4. The first-order valence-electron chi connectivity index (χ1n) is 6.81. The summed E-state index contributed by atoms with van der Waals surface area (Å²) in [6.45, 7) is 0.779. The van der Waals surface area contributed by atoms with Crippen molar-refractivity contribution in [2.75, 3.05) is 12.4 Å². The van der Waals surface area contributed by atoms with Crippen LogP contribution in [0.25, 0.3) is 10.8 Å². The van der Waals surface area contributed by atoms with Crippen LogP contribution in [0.2, 0.25) is 0 Å². The van der Waals surface area contributed by atoms with Gasteiger partial charge in [0.1, 0.15) is 5.75 Å². The number of methoxy groups -OCH3 is 1. The molecule has 2 nitrogen and oxygen atoms in total. The molecule has 0 saturated heterocycles. The van der Waals surface area contributed by atoms with Gasteiger partial charge in [0.05, 0.1) is 11.6 Å². The molecule has 3 rings (SSSR count). The van der Waals surface area contributed by atoms with Gasteiger partial charge in [-0.25, -0.2) is 0 Å². The highest BCUT2D eigenvalue weighted by molar-refractivity contribution is 9.10. The van der Waals surface area contributed by atoms with E-state index in [0.717, 1.165) is 22.5 Å². The van der Waals surface area contributed by atoms with Crippen LogP contribution >= 0.6 is 15.9 Å². The van der Waals surface area contributed by atoms with E-state index in [1.807, 2.05) is 6.07 Å². The zero-order chi connectivity index (χ0) is 14.7. The fourth-order valence-corrected chi connectivity index (χ4v) is 2.91. The average molecular weight is 342 g/mol. The molecule has 21 heavy (non-hydrogen) atoms. The van der Waals surface area contributed by atoms with E-state index < -0.39 is 0 Å². The maximum Gasteiger partial charge on any atom is 0.133 e. The molecule has 0 aromatic heterocycles. The quantitative estimate of drug-likeness (QED) is 0.702. The highest BCUT2D eigenvalue weighted by Crippen LogP contribution is 2.26. The van der Waals surface area contributed by atoms with E-state index in [9.17, 15) is 0 Å². The van der Waals surface area contributed by atoms with E-state index >= 15 is 0 Å². The maximum absolute atomic E-state index is 5.24. The molecule has 1 N–H and O–H groups in total. The van der Waals surface area contributed by atoms with Gasteiger partial charge < -0.3 is 10.1 Å². The van der Waals surface area contributed by atoms with Gasteiger partial charge in [0.15, 0.2) is 0 Å². The molecule has 0 bridgehead atoms. The standard InChI is InChI=1S/C18H16BrNO/c1-21-18-9-6-13(10-17(18)19)12-20-16-8-7-14-4-2-3-5-15(14)11-16/h2-11,20H,12H2,1H3. The van der Waals surface area contributed by atoms with Gasteiger partial charge in [0.25, 0.3) is 0 Å². The third kappa shape index (κ3) is 3.19. The normalized spacial score (nSPS) is 10.6. The van der Waals surface area contributed by atoms with Gasteiger partial charge in [-0.2, -0.15) is 0 Å². The summed E-state index contributed by atoms with van der Waals surface area (Å²) in [6.07, 6.45) is 0. The molecular formula is C18H16BrNO. The van der Waals surface area contributed by atoms with Gasteiger partial charge in [0.2, 0.25) is 0 Å². The molecule has 3 aromatic carbocycles. The zero-order valence-corrected chi connectivity index (χ0v) is 13.4. The molecule has 0 fully saturated rings. The summed E-state index contributed by atoms with van der Waals surface area (Å²) in [7, 11) is 1.67. The van der Waals surface area contributed by atoms with Crippen molar-refractivity contribution in [3.05, 3.63) is 70.7 Å². The lowest BCUT2D eigenvalue weighted by atomic mass is 10.1. The van der Waals surface area contributed by atoms with Crippen LogP contribution in [0.3, 0.4) is 0 Å². The Morgan fingerprint density at radius 1 is 0.952 bits per heavy atom. The van der Waals surface area contributed by atoms with Crippen molar-refractivity contribution < 1.29 is 4.74 Å². The van der Waals surface area contributed by atoms with E-state index in [1.54, 1.807) is 7.11 Å². The Morgan fingerprint density at radius 3 is 2.52 bits per heavy atom. The Morgan fingerprint density at radius 2 is 1.76 bits per heavy atom. The first kappa shape index (κ1) is 14.0. The van der Waals surface area contributed by atoms with E-state index in [1.165, 1.54) is 16.3 Å². The Bertz CT molecular complexity index is 770. The van der Waals surface area contributed by atoms with Crippen LogP contribution in [0, 0.1) is 0 Å². The number of halogens is 1. The number of fused-ring (bicyclic) bond motifs is 1. The average Bonchev–Trinajstić information content (AvgIpc) is 2.53. The Balaban J connectivity index is 1.75. The van der Waals surface area contributed by atoms with Crippen LogP contribution < -0.4 is 10.1 Å². The summed E-state index contributed by atoms with van der Waals surface area (Å²) in [5, 5.41) is 5.96. The second-order valence-electron chi connectivity index (χ2n) is 4.88. The van der Waals surface area contributed by atoms with Crippen molar-refractivity contribution in [1.82, 2.24) is 0 Å². The van der Waals surface area contributed by atoms with Crippen molar-refractivity contribution in [3.63, 3.8) is 0 Å². The summed E-state index contributed by atoms with van der Waals surface area (Å²) >= 11 is 3.51. The largest absolute Gasteiger partial charge is 0.496 e. The minimum Gasteiger partial charge on any atom is -0.496 e. The van der Waals surface area contributed by atoms with Crippen molar-refractivity contribution in [1.29, 1.82) is 0 Å². The zero-order valence-electron chi connectivity index (χ0n) is 11.8. The molecule has 0 atom stereocenters. The minimum absolute atomic E-state index is 0.779. The third-order valence-electron chi connectivity index (χ3n) is 3.46. The van der Waals surface area contributed by atoms with Crippen molar-refractivity contribution >= 4 is 32.4 Å². The molecule has 0 unspecified atom stereocenters. The SMILES string of the molecule is COc1ccc(CNc2ccc3ccccc3c2)cc1Br. The number of benzene rings is 3. The molecule has 106 valence electrons. The van der Waals surface area contributed by atoms with Gasteiger partial charge in [0, 0.05) is 12.2 Å². The van der Waals surface area contributed by atoms with Gasteiger partial charge in [-0.3, -0.25) is 0 Å². The monoisotopic (exact) mass is 341 g/mol. The van der Waals surface area contributed by atoms with Gasteiger partial charge in [-0.15, -0.1) is 0 Å². The summed E-state index contributed by atoms with van der Waals surface area (Å²) in [6, 6.07) is 20.9. The summed E-state index contributed by atoms with van der Waals surface area (Å²) < 4.78 is 6.22. The number of hydrogen-bond acceptors (Lipinski definition) is 2.